The third-order valence-corrected chi connectivity index (χ3v) is 5.13. The van der Waals surface area contributed by atoms with E-state index in [1.807, 2.05) is 67.6 Å². The highest BCUT2D eigenvalue weighted by molar-refractivity contribution is 5.77. The Kier molecular flexibility index (Phi) is 5.16. The number of aromatic nitrogens is 3. The number of aryl methyl sites for hydroxylation is 1. The lowest BCUT2D eigenvalue weighted by atomic mass is 10.0. The molecular formula is C24H21N4O3+. The average molecular weight is 413 g/mol. The van der Waals surface area contributed by atoms with Crippen LogP contribution in [-0.4, -0.2) is 15.4 Å². The maximum Gasteiger partial charge on any atom is 0.271 e. The smallest absolute Gasteiger partial charge is 0.271 e. The zero-order chi connectivity index (χ0) is 21.0. The number of hydrogen-bond acceptors (Lipinski definition) is 6. The lowest BCUT2D eigenvalue weighted by Gasteiger charge is -2.12. The fourth-order valence-corrected chi connectivity index (χ4v) is 3.62. The molecular weight excluding hydrogens is 392 g/mol. The van der Waals surface area contributed by atoms with E-state index in [4.69, 9.17) is 13.4 Å². The molecule has 31 heavy (non-hydrogen) atoms. The second-order valence-corrected chi connectivity index (χ2v) is 7.17. The number of furan rings is 1. The third kappa shape index (κ3) is 3.91. The van der Waals surface area contributed by atoms with Crippen LogP contribution in [0.25, 0.3) is 22.7 Å². The molecule has 0 saturated carbocycles. The molecule has 3 heterocycles. The van der Waals surface area contributed by atoms with Crippen LogP contribution in [0.3, 0.4) is 0 Å². The summed E-state index contributed by atoms with van der Waals surface area (Å²) in [6, 6.07) is 23.9. The summed E-state index contributed by atoms with van der Waals surface area (Å²) >= 11 is 0. The van der Waals surface area contributed by atoms with Crippen molar-refractivity contribution in [1.82, 2.24) is 15.4 Å². The van der Waals surface area contributed by atoms with Gasteiger partial charge in [-0.1, -0.05) is 65.8 Å². The first kappa shape index (κ1) is 19.0. The van der Waals surface area contributed by atoms with Crippen molar-refractivity contribution in [2.24, 2.45) is 0 Å². The first-order chi connectivity index (χ1) is 15.3. The maximum atomic E-state index is 5.99. The van der Waals surface area contributed by atoms with Crippen LogP contribution < -0.4 is 5.32 Å². The highest BCUT2D eigenvalue weighted by atomic mass is 16.5. The molecule has 5 aromatic rings. The maximum absolute atomic E-state index is 5.99. The molecule has 0 fully saturated rings. The third-order valence-electron chi connectivity index (χ3n) is 5.13. The molecule has 0 spiro atoms. The number of rotatable bonds is 7. The van der Waals surface area contributed by atoms with Gasteiger partial charge in [-0.05, 0) is 19.1 Å². The Balaban J connectivity index is 1.39. The van der Waals surface area contributed by atoms with Crippen molar-refractivity contribution in [3.05, 3.63) is 102 Å². The summed E-state index contributed by atoms with van der Waals surface area (Å²) in [7, 11) is 0. The molecule has 0 radical (unpaired) electrons. The van der Waals surface area contributed by atoms with E-state index >= 15 is 0 Å². The molecule has 0 saturated heterocycles. The van der Waals surface area contributed by atoms with E-state index < -0.39 is 0 Å². The van der Waals surface area contributed by atoms with Crippen molar-refractivity contribution < 1.29 is 18.7 Å². The number of quaternary nitrogens is 1. The minimum absolute atomic E-state index is 0.0104. The zero-order valence-corrected chi connectivity index (χ0v) is 16.9. The molecule has 0 aliphatic carbocycles. The second-order valence-electron chi connectivity index (χ2n) is 7.17. The molecule has 2 aromatic carbocycles. The Bertz CT molecular complexity index is 1240. The number of benzene rings is 2. The van der Waals surface area contributed by atoms with E-state index in [9.17, 15) is 0 Å². The summed E-state index contributed by atoms with van der Waals surface area (Å²) in [6.45, 7) is 2.34. The Morgan fingerprint density at radius 1 is 0.903 bits per heavy atom. The lowest BCUT2D eigenvalue weighted by molar-refractivity contribution is -0.706. The van der Waals surface area contributed by atoms with Crippen molar-refractivity contribution in [2.75, 3.05) is 0 Å². The highest BCUT2D eigenvalue weighted by Gasteiger charge is 2.24. The van der Waals surface area contributed by atoms with Crippen molar-refractivity contribution in [1.29, 1.82) is 0 Å². The van der Waals surface area contributed by atoms with E-state index in [0.717, 1.165) is 22.5 Å². The van der Waals surface area contributed by atoms with Crippen LogP contribution in [0.5, 0.6) is 0 Å². The molecule has 2 N–H and O–H groups in total. The molecule has 7 nitrogen and oxygen atoms in total. The summed E-state index contributed by atoms with van der Waals surface area (Å²) in [5, 5.41) is 14.8. The van der Waals surface area contributed by atoms with Gasteiger partial charge >= 0.3 is 0 Å². The fraction of sp³-hybridized carbons (Fsp3) is 0.125. The van der Waals surface area contributed by atoms with E-state index in [0.29, 0.717) is 29.8 Å². The summed E-state index contributed by atoms with van der Waals surface area (Å²) < 4.78 is 17.1. The van der Waals surface area contributed by atoms with Gasteiger partial charge in [0.2, 0.25) is 0 Å². The van der Waals surface area contributed by atoms with Crippen LogP contribution in [0.2, 0.25) is 0 Å². The second kappa shape index (κ2) is 8.41. The van der Waals surface area contributed by atoms with Gasteiger partial charge in [0.25, 0.3) is 11.8 Å². The topological polar surface area (TPSA) is 94.7 Å². The summed E-state index contributed by atoms with van der Waals surface area (Å²) in [6.07, 6.45) is 1.68. The average Bonchev–Trinajstić information content (AvgIpc) is 3.57. The van der Waals surface area contributed by atoms with Gasteiger partial charge < -0.3 is 18.7 Å². The van der Waals surface area contributed by atoms with Crippen LogP contribution in [0.15, 0.2) is 92.4 Å². The fourth-order valence-electron chi connectivity index (χ4n) is 3.62. The normalized spacial score (nSPS) is 12.2. The van der Waals surface area contributed by atoms with Crippen LogP contribution in [0, 0.1) is 6.92 Å². The first-order valence-corrected chi connectivity index (χ1v) is 10.1. The van der Waals surface area contributed by atoms with E-state index in [2.05, 4.69) is 32.8 Å². The molecule has 154 valence electrons. The van der Waals surface area contributed by atoms with Crippen molar-refractivity contribution in [3.8, 4) is 22.7 Å². The monoisotopic (exact) mass is 413 g/mol. The largest absolute Gasteiger partial charge is 0.463 e. The summed E-state index contributed by atoms with van der Waals surface area (Å²) in [5.41, 5.74) is 3.48. The van der Waals surface area contributed by atoms with E-state index in [1.54, 1.807) is 6.26 Å². The van der Waals surface area contributed by atoms with Gasteiger partial charge in [-0.3, -0.25) is 0 Å². The first-order valence-electron chi connectivity index (χ1n) is 10.1. The van der Waals surface area contributed by atoms with Gasteiger partial charge in [-0.2, -0.15) is 0 Å². The number of nitrogens with zero attached hydrogens (tertiary/aromatic N) is 3. The predicted molar refractivity (Wildman–Crippen MR) is 113 cm³/mol. The zero-order valence-electron chi connectivity index (χ0n) is 16.9. The quantitative estimate of drug-likeness (QED) is 0.431. The van der Waals surface area contributed by atoms with Gasteiger partial charge in [0, 0.05) is 11.1 Å². The Morgan fingerprint density at radius 2 is 1.68 bits per heavy atom. The highest BCUT2D eigenvalue weighted by Crippen LogP contribution is 2.33. The SMILES string of the molecule is Cc1onc(-c2ccccc2)c1-c1nnc(C[NH2+][C@H](c2ccccc2)c2ccco2)o1. The standard InChI is InChI=1S/C24H20N4O3/c1-16-21(23(28-31-16)18-11-6-3-7-12-18)24-27-26-20(30-24)15-25-22(19-13-8-14-29-19)17-9-4-2-5-10-17/h2-14,22,25H,15H2,1H3/p+1/t22-/m1/s1. The van der Waals surface area contributed by atoms with Gasteiger partial charge in [0.15, 0.2) is 18.3 Å². The van der Waals surface area contributed by atoms with Gasteiger partial charge in [0.1, 0.15) is 17.0 Å². The van der Waals surface area contributed by atoms with Crippen molar-refractivity contribution >= 4 is 0 Å². The molecule has 0 bridgehead atoms. The minimum Gasteiger partial charge on any atom is -0.463 e. The Morgan fingerprint density at radius 3 is 2.42 bits per heavy atom. The molecule has 0 aliphatic heterocycles. The van der Waals surface area contributed by atoms with E-state index in [-0.39, 0.29) is 6.04 Å². The number of hydrogen-bond donors (Lipinski definition) is 1. The molecule has 5 rings (SSSR count). The molecule has 7 heteroatoms. The molecule has 0 amide bonds. The Labute approximate surface area is 178 Å². The predicted octanol–water partition coefficient (Wildman–Crippen LogP) is 4.15. The van der Waals surface area contributed by atoms with Crippen LogP contribution in [0.1, 0.15) is 29.0 Å². The van der Waals surface area contributed by atoms with Gasteiger partial charge in [-0.25, -0.2) is 0 Å². The summed E-state index contributed by atoms with van der Waals surface area (Å²) in [5.74, 6) is 2.42. The van der Waals surface area contributed by atoms with Crippen LogP contribution >= 0.6 is 0 Å². The minimum atomic E-state index is -0.0104. The van der Waals surface area contributed by atoms with Gasteiger partial charge in [-0.15, -0.1) is 10.2 Å². The molecule has 0 unspecified atom stereocenters. The van der Waals surface area contributed by atoms with Gasteiger partial charge in [0.05, 0.1) is 6.26 Å². The van der Waals surface area contributed by atoms with Crippen LogP contribution in [-0.2, 0) is 6.54 Å². The van der Waals surface area contributed by atoms with Crippen molar-refractivity contribution in [3.63, 3.8) is 0 Å². The lowest BCUT2D eigenvalue weighted by Crippen LogP contribution is -2.84. The molecule has 3 aromatic heterocycles. The Hall–Kier alpha value is -3.97. The molecule has 1 atom stereocenters. The summed E-state index contributed by atoms with van der Waals surface area (Å²) in [4.78, 5) is 0. The van der Waals surface area contributed by atoms with Crippen molar-refractivity contribution in [2.45, 2.75) is 19.5 Å². The molecule has 0 aliphatic rings. The number of nitrogens with two attached hydrogens (primary N) is 1. The van der Waals surface area contributed by atoms with E-state index in [1.165, 1.54) is 0 Å². The van der Waals surface area contributed by atoms with Crippen LogP contribution in [0.4, 0.5) is 0 Å².